The zero-order valence-corrected chi connectivity index (χ0v) is 14.4. The summed E-state index contributed by atoms with van der Waals surface area (Å²) in [4.78, 5) is 16.3. The lowest BCUT2D eigenvalue weighted by Crippen LogP contribution is -2.28. The highest BCUT2D eigenvalue weighted by atomic mass is 32.2. The Morgan fingerprint density at radius 1 is 1.20 bits per heavy atom. The highest BCUT2D eigenvalue weighted by Crippen LogP contribution is 2.21. The van der Waals surface area contributed by atoms with Crippen LogP contribution in [0.25, 0.3) is 11.4 Å². The molecule has 3 aromatic rings. The Morgan fingerprint density at radius 3 is 2.68 bits per heavy atom. The van der Waals surface area contributed by atoms with Gasteiger partial charge in [-0.05, 0) is 24.6 Å². The summed E-state index contributed by atoms with van der Waals surface area (Å²) in [6, 6.07) is 16.0. The normalized spacial score (nSPS) is 11.9. The molecule has 0 saturated heterocycles. The number of nitrogens with one attached hydrogen (secondary N) is 2. The highest BCUT2D eigenvalue weighted by Gasteiger charge is 2.13. The molecule has 5 nitrogen and oxygen atoms in total. The van der Waals surface area contributed by atoms with Crippen molar-refractivity contribution in [3.63, 3.8) is 0 Å². The van der Waals surface area contributed by atoms with Crippen LogP contribution in [0.2, 0.25) is 0 Å². The molecule has 1 aromatic heterocycles. The maximum absolute atomic E-state index is 13.7. The number of amides is 1. The molecule has 0 bridgehead atoms. The van der Waals surface area contributed by atoms with Crippen molar-refractivity contribution in [2.24, 2.45) is 0 Å². The highest BCUT2D eigenvalue weighted by molar-refractivity contribution is 7.99. The zero-order chi connectivity index (χ0) is 17.6. The molecule has 128 valence electrons. The third-order valence-electron chi connectivity index (χ3n) is 3.60. The van der Waals surface area contributed by atoms with Crippen LogP contribution < -0.4 is 5.32 Å². The summed E-state index contributed by atoms with van der Waals surface area (Å²) in [5, 5.41) is 10.1. The first-order chi connectivity index (χ1) is 12.1. The predicted octanol–water partition coefficient (Wildman–Crippen LogP) is 3.58. The summed E-state index contributed by atoms with van der Waals surface area (Å²) in [6.45, 7) is 1.93. The van der Waals surface area contributed by atoms with Crippen molar-refractivity contribution in [3.05, 3.63) is 66.0 Å². The fourth-order valence-electron chi connectivity index (χ4n) is 2.32. The number of nitrogens with zero attached hydrogens (tertiary/aromatic N) is 2. The molecule has 1 atom stereocenters. The van der Waals surface area contributed by atoms with Crippen LogP contribution in [0, 0.1) is 5.82 Å². The first-order valence-electron chi connectivity index (χ1n) is 7.78. The van der Waals surface area contributed by atoms with Gasteiger partial charge in [0, 0.05) is 0 Å². The Labute approximate surface area is 149 Å². The van der Waals surface area contributed by atoms with Crippen LogP contribution in [0.1, 0.15) is 18.5 Å². The molecule has 0 aliphatic rings. The first kappa shape index (κ1) is 17.2. The molecule has 1 amide bonds. The first-order valence-corrected chi connectivity index (χ1v) is 8.76. The number of benzene rings is 2. The van der Waals surface area contributed by atoms with Gasteiger partial charge in [0.15, 0.2) is 5.82 Å². The number of carbonyl (C=O) groups excluding carboxylic acids is 1. The van der Waals surface area contributed by atoms with Crippen LogP contribution in [0.3, 0.4) is 0 Å². The van der Waals surface area contributed by atoms with Crippen molar-refractivity contribution in [3.8, 4) is 11.4 Å². The molecule has 0 aliphatic heterocycles. The number of hydrogen-bond acceptors (Lipinski definition) is 4. The number of halogens is 1. The molecule has 1 heterocycles. The van der Waals surface area contributed by atoms with E-state index in [9.17, 15) is 9.18 Å². The van der Waals surface area contributed by atoms with E-state index in [2.05, 4.69) is 20.5 Å². The lowest BCUT2D eigenvalue weighted by molar-refractivity contribution is -0.119. The average Bonchev–Trinajstić information content (AvgIpc) is 3.10. The van der Waals surface area contributed by atoms with Gasteiger partial charge in [-0.1, -0.05) is 54.2 Å². The Balaban J connectivity index is 1.55. The monoisotopic (exact) mass is 356 g/mol. The fourth-order valence-corrected chi connectivity index (χ4v) is 2.93. The van der Waals surface area contributed by atoms with Crippen LogP contribution in [-0.4, -0.2) is 26.8 Å². The number of aromatic amines is 1. The second-order valence-corrected chi connectivity index (χ2v) is 6.38. The molecule has 7 heteroatoms. The topological polar surface area (TPSA) is 70.7 Å². The van der Waals surface area contributed by atoms with Gasteiger partial charge < -0.3 is 5.32 Å². The van der Waals surface area contributed by atoms with Gasteiger partial charge in [-0.25, -0.2) is 9.37 Å². The minimum atomic E-state index is -0.371. The third-order valence-corrected chi connectivity index (χ3v) is 4.45. The molecular weight excluding hydrogens is 339 g/mol. The Hall–Kier alpha value is -2.67. The summed E-state index contributed by atoms with van der Waals surface area (Å²) in [6.07, 6.45) is 0. The van der Waals surface area contributed by atoms with Crippen molar-refractivity contribution in [2.75, 3.05) is 5.75 Å². The summed E-state index contributed by atoms with van der Waals surface area (Å²) in [5.41, 5.74) is 1.39. The second-order valence-electron chi connectivity index (χ2n) is 5.43. The molecule has 0 saturated carbocycles. The van der Waals surface area contributed by atoms with Crippen molar-refractivity contribution >= 4 is 17.7 Å². The SMILES string of the molecule is C[C@H](NC(=O)CSc1n[nH]c(-c2ccccc2F)n1)c1ccccc1. The van der Waals surface area contributed by atoms with Crippen LogP contribution >= 0.6 is 11.8 Å². The van der Waals surface area contributed by atoms with Gasteiger partial charge >= 0.3 is 0 Å². The number of carbonyl (C=O) groups is 1. The van der Waals surface area contributed by atoms with Gasteiger partial charge in [0.25, 0.3) is 0 Å². The zero-order valence-electron chi connectivity index (χ0n) is 13.6. The number of thioether (sulfide) groups is 1. The van der Waals surface area contributed by atoms with E-state index in [0.717, 1.165) is 5.56 Å². The Bertz CT molecular complexity index is 853. The molecule has 0 fully saturated rings. The fraction of sp³-hybridized carbons (Fsp3) is 0.167. The summed E-state index contributed by atoms with van der Waals surface area (Å²) < 4.78 is 13.7. The van der Waals surface area contributed by atoms with Crippen molar-refractivity contribution in [1.29, 1.82) is 0 Å². The quantitative estimate of drug-likeness (QED) is 0.662. The average molecular weight is 356 g/mol. The van der Waals surface area contributed by atoms with E-state index in [1.165, 1.54) is 17.8 Å². The third kappa shape index (κ3) is 4.45. The minimum Gasteiger partial charge on any atom is -0.349 e. The van der Waals surface area contributed by atoms with Crippen molar-refractivity contribution in [2.45, 2.75) is 18.1 Å². The molecule has 0 spiro atoms. The molecule has 25 heavy (non-hydrogen) atoms. The van der Waals surface area contributed by atoms with E-state index in [1.54, 1.807) is 18.2 Å². The molecule has 3 rings (SSSR count). The van der Waals surface area contributed by atoms with E-state index < -0.39 is 0 Å². The van der Waals surface area contributed by atoms with E-state index >= 15 is 0 Å². The maximum atomic E-state index is 13.7. The number of hydrogen-bond donors (Lipinski definition) is 2. The van der Waals surface area contributed by atoms with Crippen LogP contribution in [0.4, 0.5) is 4.39 Å². The van der Waals surface area contributed by atoms with Gasteiger partial charge in [-0.3, -0.25) is 9.89 Å². The van der Waals surface area contributed by atoms with E-state index in [-0.39, 0.29) is 23.5 Å². The van der Waals surface area contributed by atoms with E-state index in [1.807, 2.05) is 37.3 Å². The van der Waals surface area contributed by atoms with Gasteiger partial charge in [-0.2, -0.15) is 0 Å². The van der Waals surface area contributed by atoms with Crippen molar-refractivity contribution < 1.29 is 9.18 Å². The second kappa shape index (κ2) is 7.94. The largest absolute Gasteiger partial charge is 0.349 e. The molecule has 0 radical (unpaired) electrons. The predicted molar refractivity (Wildman–Crippen MR) is 95.5 cm³/mol. The smallest absolute Gasteiger partial charge is 0.230 e. The van der Waals surface area contributed by atoms with E-state index in [4.69, 9.17) is 0 Å². The van der Waals surface area contributed by atoms with Gasteiger partial charge in [0.05, 0.1) is 17.4 Å². The lowest BCUT2D eigenvalue weighted by Gasteiger charge is -2.13. The molecular formula is C18H17FN4OS. The summed E-state index contributed by atoms with van der Waals surface area (Å²) in [7, 11) is 0. The van der Waals surface area contributed by atoms with Gasteiger partial charge in [-0.15, -0.1) is 5.10 Å². The molecule has 2 N–H and O–H groups in total. The standard InChI is InChI=1S/C18H17FN4OS/c1-12(13-7-3-2-4-8-13)20-16(24)11-25-18-21-17(22-23-18)14-9-5-6-10-15(14)19/h2-10,12H,11H2,1H3,(H,20,24)(H,21,22,23)/t12-/m0/s1. The Morgan fingerprint density at radius 2 is 1.92 bits per heavy atom. The van der Waals surface area contributed by atoms with Gasteiger partial charge in [0.1, 0.15) is 5.82 Å². The summed E-state index contributed by atoms with van der Waals surface area (Å²) in [5.74, 6) is 0.0491. The molecule has 0 aliphatic carbocycles. The number of H-pyrrole nitrogens is 1. The number of aromatic nitrogens is 3. The van der Waals surface area contributed by atoms with Crippen molar-refractivity contribution in [1.82, 2.24) is 20.5 Å². The Kier molecular flexibility index (Phi) is 5.45. The maximum Gasteiger partial charge on any atom is 0.230 e. The lowest BCUT2D eigenvalue weighted by atomic mass is 10.1. The van der Waals surface area contributed by atoms with Crippen LogP contribution in [0.5, 0.6) is 0 Å². The minimum absolute atomic E-state index is 0.0737. The summed E-state index contributed by atoms with van der Waals surface area (Å²) >= 11 is 1.20. The molecule has 2 aromatic carbocycles. The molecule has 0 unspecified atom stereocenters. The van der Waals surface area contributed by atoms with Crippen LogP contribution in [0.15, 0.2) is 59.8 Å². The van der Waals surface area contributed by atoms with Crippen LogP contribution in [-0.2, 0) is 4.79 Å². The van der Waals surface area contributed by atoms with E-state index in [0.29, 0.717) is 16.5 Å². The van der Waals surface area contributed by atoms with Gasteiger partial charge in [0.2, 0.25) is 11.1 Å². The number of rotatable bonds is 6.